The maximum Gasteiger partial charge on any atom is 0.143 e. The van der Waals surface area contributed by atoms with E-state index in [-0.39, 0.29) is 5.78 Å². The van der Waals surface area contributed by atoms with E-state index in [4.69, 9.17) is 11.6 Å². The molecule has 0 aliphatic carbocycles. The van der Waals surface area contributed by atoms with Crippen molar-refractivity contribution in [2.24, 2.45) is 7.05 Å². The number of Topliss-reactive ketones (excluding diaryl/α,β-unsaturated/α-hetero) is 1. The van der Waals surface area contributed by atoms with Crippen LogP contribution in [-0.4, -0.2) is 15.6 Å². The second-order valence-electron chi connectivity index (χ2n) is 4.38. The first-order chi connectivity index (χ1) is 8.56. The Balaban J connectivity index is 2.06. The quantitative estimate of drug-likeness (QED) is 0.849. The third-order valence-corrected chi connectivity index (χ3v) is 3.19. The molecule has 0 atom stereocenters. The molecule has 0 saturated carbocycles. The fourth-order valence-corrected chi connectivity index (χ4v) is 2.15. The van der Waals surface area contributed by atoms with Gasteiger partial charge in [-0.1, -0.05) is 29.8 Å². The van der Waals surface area contributed by atoms with Gasteiger partial charge in [0.15, 0.2) is 0 Å². The van der Waals surface area contributed by atoms with Gasteiger partial charge in [-0.3, -0.25) is 9.48 Å². The second kappa shape index (κ2) is 5.36. The smallest absolute Gasteiger partial charge is 0.143 e. The van der Waals surface area contributed by atoms with E-state index < -0.39 is 0 Å². The maximum atomic E-state index is 12.0. The van der Waals surface area contributed by atoms with Crippen molar-refractivity contribution in [2.45, 2.75) is 19.8 Å². The molecule has 2 aromatic rings. The van der Waals surface area contributed by atoms with Crippen molar-refractivity contribution in [1.29, 1.82) is 0 Å². The minimum Gasteiger partial charge on any atom is -0.299 e. The number of hydrogen-bond acceptors (Lipinski definition) is 2. The third kappa shape index (κ3) is 2.99. The number of ketones is 1. The molecule has 1 aromatic heterocycles. The lowest BCUT2D eigenvalue weighted by molar-refractivity contribution is -0.117. The van der Waals surface area contributed by atoms with E-state index in [1.54, 1.807) is 10.7 Å². The number of carbonyl (C=O) groups excluding carboxylic acids is 1. The van der Waals surface area contributed by atoms with Gasteiger partial charge in [0.25, 0.3) is 0 Å². The normalized spacial score (nSPS) is 10.6. The Hall–Kier alpha value is -1.61. The van der Waals surface area contributed by atoms with Crippen molar-refractivity contribution < 1.29 is 4.79 Å². The topological polar surface area (TPSA) is 34.9 Å². The molecule has 0 aliphatic rings. The molecule has 0 aliphatic heterocycles. The standard InChI is InChI=1S/C14H15ClN2O/c1-10-7-12(17(2)16-10)9-13(18)8-11-5-3-4-6-14(11)15/h3-7H,8-9H2,1-2H3. The Morgan fingerprint density at radius 2 is 2.06 bits per heavy atom. The number of aryl methyl sites for hydroxylation is 2. The van der Waals surface area contributed by atoms with E-state index in [1.807, 2.05) is 38.2 Å². The fraction of sp³-hybridized carbons (Fsp3) is 0.286. The van der Waals surface area contributed by atoms with Crippen molar-refractivity contribution in [3.8, 4) is 0 Å². The Bertz CT molecular complexity index is 575. The Labute approximate surface area is 111 Å². The van der Waals surface area contributed by atoms with Gasteiger partial charge in [-0.25, -0.2) is 0 Å². The van der Waals surface area contributed by atoms with Crippen LogP contribution in [0.3, 0.4) is 0 Å². The number of halogens is 1. The average Bonchev–Trinajstić information content (AvgIpc) is 2.61. The number of aromatic nitrogens is 2. The second-order valence-corrected chi connectivity index (χ2v) is 4.79. The predicted molar refractivity (Wildman–Crippen MR) is 71.8 cm³/mol. The van der Waals surface area contributed by atoms with E-state index in [9.17, 15) is 4.79 Å². The van der Waals surface area contributed by atoms with E-state index in [1.165, 1.54) is 0 Å². The van der Waals surface area contributed by atoms with Crippen LogP contribution in [0.2, 0.25) is 5.02 Å². The highest BCUT2D eigenvalue weighted by Gasteiger charge is 2.10. The molecular formula is C14H15ClN2O. The van der Waals surface area contributed by atoms with Gasteiger partial charge in [0.2, 0.25) is 0 Å². The van der Waals surface area contributed by atoms with Gasteiger partial charge in [-0.2, -0.15) is 5.10 Å². The largest absolute Gasteiger partial charge is 0.299 e. The molecule has 0 saturated heterocycles. The van der Waals surface area contributed by atoms with Gasteiger partial charge in [-0.05, 0) is 24.6 Å². The van der Waals surface area contributed by atoms with Crippen molar-refractivity contribution in [3.05, 3.63) is 52.3 Å². The van der Waals surface area contributed by atoms with Crippen LogP contribution in [0.1, 0.15) is 17.0 Å². The first kappa shape index (κ1) is 12.8. The van der Waals surface area contributed by atoms with Crippen molar-refractivity contribution in [1.82, 2.24) is 9.78 Å². The van der Waals surface area contributed by atoms with Crippen LogP contribution >= 0.6 is 11.6 Å². The van der Waals surface area contributed by atoms with Crippen LogP contribution in [0.25, 0.3) is 0 Å². The van der Waals surface area contributed by atoms with Crippen molar-refractivity contribution in [3.63, 3.8) is 0 Å². The minimum atomic E-state index is 0.145. The molecule has 0 spiro atoms. The van der Waals surface area contributed by atoms with Crippen LogP contribution in [0, 0.1) is 6.92 Å². The molecule has 0 amide bonds. The summed E-state index contributed by atoms with van der Waals surface area (Å²) in [5.74, 6) is 0.145. The molecule has 18 heavy (non-hydrogen) atoms. The zero-order valence-electron chi connectivity index (χ0n) is 10.5. The van der Waals surface area contributed by atoms with Crippen molar-refractivity contribution in [2.75, 3.05) is 0 Å². The Morgan fingerprint density at radius 1 is 1.33 bits per heavy atom. The van der Waals surface area contributed by atoms with Gasteiger partial charge < -0.3 is 0 Å². The maximum absolute atomic E-state index is 12.0. The molecule has 1 heterocycles. The average molecular weight is 263 g/mol. The summed E-state index contributed by atoms with van der Waals surface area (Å²) in [6, 6.07) is 9.38. The van der Waals surface area contributed by atoms with Gasteiger partial charge in [0.05, 0.1) is 5.69 Å². The summed E-state index contributed by atoms with van der Waals surface area (Å²) < 4.78 is 1.75. The number of hydrogen-bond donors (Lipinski definition) is 0. The molecular weight excluding hydrogens is 248 g/mol. The summed E-state index contributed by atoms with van der Waals surface area (Å²) in [5.41, 5.74) is 2.74. The number of benzene rings is 1. The Kier molecular flexibility index (Phi) is 3.82. The molecule has 3 nitrogen and oxygen atoms in total. The monoisotopic (exact) mass is 262 g/mol. The van der Waals surface area contributed by atoms with Crippen LogP contribution in [0.5, 0.6) is 0 Å². The van der Waals surface area contributed by atoms with Gasteiger partial charge in [0, 0.05) is 30.6 Å². The minimum absolute atomic E-state index is 0.145. The molecule has 0 radical (unpaired) electrons. The highest BCUT2D eigenvalue weighted by molar-refractivity contribution is 6.31. The molecule has 94 valence electrons. The number of nitrogens with zero attached hydrogens (tertiary/aromatic N) is 2. The highest BCUT2D eigenvalue weighted by Crippen LogP contribution is 2.16. The van der Waals surface area contributed by atoms with Gasteiger partial charge in [-0.15, -0.1) is 0 Å². The molecule has 0 unspecified atom stereocenters. The molecule has 0 bridgehead atoms. The first-order valence-electron chi connectivity index (χ1n) is 5.81. The van der Waals surface area contributed by atoms with E-state index >= 15 is 0 Å². The summed E-state index contributed by atoms with van der Waals surface area (Å²) in [4.78, 5) is 12.0. The number of carbonyl (C=O) groups is 1. The zero-order valence-corrected chi connectivity index (χ0v) is 11.2. The van der Waals surface area contributed by atoms with Gasteiger partial charge >= 0.3 is 0 Å². The summed E-state index contributed by atoms with van der Waals surface area (Å²) >= 11 is 6.04. The van der Waals surface area contributed by atoms with Gasteiger partial charge in [0.1, 0.15) is 5.78 Å². The molecule has 2 rings (SSSR count). The zero-order chi connectivity index (χ0) is 13.1. The predicted octanol–water partition coefficient (Wildman–Crippen LogP) is 2.74. The molecule has 1 aromatic carbocycles. The first-order valence-corrected chi connectivity index (χ1v) is 6.18. The van der Waals surface area contributed by atoms with Crippen LogP contribution in [0.4, 0.5) is 0 Å². The Morgan fingerprint density at radius 3 is 2.67 bits per heavy atom. The number of rotatable bonds is 4. The van der Waals surface area contributed by atoms with Crippen molar-refractivity contribution >= 4 is 17.4 Å². The lowest BCUT2D eigenvalue weighted by Gasteiger charge is -2.04. The van der Waals surface area contributed by atoms with E-state index in [2.05, 4.69) is 5.10 Å². The summed E-state index contributed by atoms with van der Waals surface area (Å²) in [5, 5.41) is 4.87. The molecule has 0 N–H and O–H groups in total. The highest BCUT2D eigenvalue weighted by atomic mass is 35.5. The SMILES string of the molecule is Cc1cc(CC(=O)Cc2ccccc2Cl)n(C)n1. The fourth-order valence-electron chi connectivity index (χ4n) is 1.95. The third-order valence-electron chi connectivity index (χ3n) is 2.82. The summed E-state index contributed by atoms with van der Waals surface area (Å²) in [6.45, 7) is 1.92. The molecule has 0 fully saturated rings. The lowest BCUT2D eigenvalue weighted by atomic mass is 10.1. The molecule has 4 heteroatoms. The van der Waals surface area contributed by atoms with Crippen LogP contribution in [0.15, 0.2) is 30.3 Å². The summed E-state index contributed by atoms with van der Waals surface area (Å²) in [7, 11) is 1.85. The van der Waals surface area contributed by atoms with Crippen LogP contribution < -0.4 is 0 Å². The van der Waals surface area contributed by atoms with E-state index in [0.29, 0.717) is 17.9 Å². The summed E-state index contributed by atoms with van der Waals surface area (Å²) in [6.07, 6.45) is 0.756. The van der Waals surface area contributed by atoms with E-state index in [0.717, 1.165) is 17.0 Å². The lowest BCUT2D eigenvalue weighted by Crippen LogP contribution is -2.10. The van der Waals surface area contributed by atoms with Crippen LogP contribution in [-0.2, 0) is 24.7 Å².